The summed E-state index contributed by atoms with van der Waals surface area (Å²) in [5.41, 5.74) is 10.6. The van der Waals surface area contributed by atoms with Gasteiger partial charge in [0.25, 0.3) is 0 Å². The van der Waals surface area contributed by atoms with E-state index in [9.17, 15) is 9.18 Å². The number of nitrogens with two attached hydrogens (primary N) is 1. The van der Waals surface area contributed by atoms with Crippen molar-refractivity contribution in [1.82, 2.24) is 4.57 Å². The third-order valence-electron chi connectivity index (χ3n) is 6.00. The lowest BCUT2D eigenvalue weighted by Crippen LogP contribution is -2.11. The lowest BCUT2D eigenvalue weighted by Gasteiger charge is -2.11. The van der Waals surface area contributed by atoms with Gasteiger partial charge in [0.1, 0.15) is 5.82 Å². The summed E-state index contributed by atoms with van der Waals surface area (Å²) in [6.45, 7) is 2.05. The summed E-state index contributed by atoms with van der Waals surface area (Å²) in [6, 6.07) is 22.1. The Labute approximate surface area is 200 Å². The fourth-order valence-corrected chi connectivity index (χ4v) is 4.93. The van der Waals surface area contributed by atoms with E-state index >= 15 is 0 Å². The molecule has 4 aromatic carbocycles. The lowest BCUT2D eigenvalue weighted by molar-refractivity contribution is 0.100. The van der Waals surface area contributed by atoms with Crippen LogP contribution in [0.2, 0.25) is 10.0 Å². The smallest absolute Gasteiger partial charge is 0.249 e. The first kappa shape index (κ1) is 21.5. The minimum atomic E-state index is -0.508. The Morgan fingerprint density at radius 2 is 1.76 bits per heavy atom. The van der Waals surface area contributed by atoms with Gasteiger partial charge in [-0.1, -0.05) is 65.7 Å². The number of nitrogens with zero attached hydrogens (tertiary/aromatic N) is 1. The van der Waals surface area contributed by atoms with Crippen molar-refractivity contribution in [1.29, 1.82) is 0 Å². The molecule has 5 aromatic rings. The topological polar surface area (TPSA) is 48.0 Å². The minimum absolute atomic E-state index is 0.240. The van der Waals surface area contributed by atoms with Crippen LogP contribution in [0.3, 0.4) is 0 Å². The van der Waals surface area contributed by atoms with E-state index in [4.69, 9.17) is 28.9 Å². The maximum Gasteiger partial charge on any atom is 0.249 e. The Balaban J connectivity index is 1.82. The highest BCUT2D eigenvalue weighted by Crippen LogP contribution is 2.37. The molecule has 0 radical (unpaired) electrons. The largest absolute Gasteiger partial charge is 0.366 e. The predicted molar refractivity (Wildman–Crippen MR) is 134 cm³/mol. The second-order valence-electron chi connectivity index (χ2n) is 8.05. The van der Waals surface area contributed by atoms with Crippen LogP contribution in [0.15, 0.2) is 72.8 Å². The maximum absolute atomic E-state index is 14.9. The van der Waals surface area contributed by atoms with Crippen LogP contribution < -0.4 is 5.73 Å². The molecule has 33 heavy (non-hydrogen) atoms. The normalized spacial score (nSPS) is 11.4. The molecule has 1 aromatic heterocycles. The van der Waals surface area contributed by atoms with Gasteiger partial charge in [0.15, 0.2) is 0 Å². The molecule has 0 saturated carbocycles. The Hall–Kier alpha value is -3.34. The zero-order chi connectivity index (χ0) is 23.3. The molecule has 1 amide bonds. The maximum atomic E-state index is 14.9. The molecule has 0 aliphatic heterocycles. The van der Waals surface area contributed by atoms with Crippen molar-refractivity contribution in [2.45, 2.75) is 13.5 Å². The third kappa shape index (κ3) is 3.65. The first-order valence-electron chi connectivity index (χ1n) is 10.4. The molecule has 164 valence electrons. The summed E-state index contributed by atoms with van der Waals surface area (Å²) in [5.74, 6) is -0.748. The average molecular weight is 477 g/mol. The molecule has 1 heterocycles. The Bertz CT molecular complexity index is 1570. The van der Waals surface area contributed by atoms with Crippen LogP contribution in [0, 0.1) is 12.7 Å². The number of fused-ring (bicyclic) bond motifs is 3. The number of rotatable bonds is 4. The van der Waals surface area contributed by atoms with E-state index in [2.05, 4.69) is 0 Å². The molecular weight excluding hydrogens is 458 g/mol. The fourth-order valence-electron chi connectivity index (χ4n) is 4.41. The molecular formula is C27H19Cl2FN2O. The quantitative estimate of drug-likeness (QED) is 0.289. The van der Waals surface area contributed by atoms with Crippen molar-refractivity contribution in [2.24, 2.45) is 5.73 Å². The number of benzene rings is 4. The second kappa shape index (κ2) is 8.22. The standard InChI is InChI=1S/C27H19Cl2FN2O/c1-15-4-2-5-17(26(15)30)14-32-23-7-3-6-21(27(31)33)25(23)20-10-8-16(12-24(20)32)19-11-9-18(28)13-22(19)29/h2-13H,14H2,1H3,(H2,31,33). The van der Waals surface area contributed by atoms with Gasteiger partial charge in [-0.15, -0.1) is 0 Å². The molecule has 6 heteroatoms. The molecule has 2 N–H and O–H groups in total. The number of halogens is 3. The Morgan fingerprint density at radius 1 is 0.970 bits per heavy atom. The van der Waals surface area contributed by atoms with E-state index in [-0.39, 0.29) is 5.82 Å². The van der Waals surface area contributed by atoms with Gasteiger partial charge in [-0.2, -0.15) is 0 Å². The molecule has 0 atom stereocenters. The number of aryl methyl sites for hydroxylation is 1. The number of amides is 1. The van der Waals surface area contributed by atoms with Crippen molar-refractivity contribution in [3.8, 4) is 11.1 Å². The van der Waals surface area contributed by atoms with Crippen LogP contribution in [0.4, 0.5) is 4.39 Å². The SMILES string of the molecule is Cc1cccc(Cn2c3cc(-c4ccc(Cl)cc4Cl)ccc3c3c(C(N)=O)cccc32)c1F. The Kier molecular flexibility index (Phi) is 5.35. The summed E-state index contributed by atoms with van der Waals surface area (Å²) in [5, 5.41) is 2.70. The van der Waals surface area contributed by atoms with Crippen LogP contribution in [0.1, 0.15) is 21.5 Å². The molecule has 0 aliphatic carbocycles. The van der Waals surface area contributed by atoms with Gasteiger partial charge in [-0.05, 0) is 48.4 Å². The number of aromatic nitrogens is 1. The number of carbonyl (C=O) groups excluding carboxylic acids is 1. The summed E-state index contributed by atoms with van der Waals surface area (Å²) in [6.07, 6.45) is 0. The van der Waals surface area contributed by atoms with Gasteiger partial charge in [0, 0.05) is 37.5 Å². The van der Waals surface area contributed by atoms with Crippen molar-refractivity contribution in [3.63, 3.8) is 0 Å². The highest BCUT2D eigenvalue weighted by molar-refractivity contribution is 6.36. The van der Waals surface area contributed by atoms with Gasteiger partial charge >= 0.3 is 0 Å². The zero-order valence-corrected chi connectivity index (χ0v) is 19.2. The first-order valence-corrected chi connectivity index (χ1v) is 11.1. The van der Waals surface area contributed by atoms with Crippen molar-refractivity contribution in [3.05, 3.63) is 105 Å². The second-order valence-corrected chi connectivity index (χ2v) is 8.90. The molecule has 0 aliphatic rings. The van der Waals surface area contributed by atoms with Crippen LogP contribution >= 0.6 is 23.2 Å². The Morgan fingerprint density at radius 3 is 2.52 bits per heavy atom. The van der Waals surface area contributed by atoms with E-state index in [1.54, 1.807) is 43.3 Å². The van der Waals surface area contributed by atoms with Crippen LogP contribution in [0.5, 0.6) is 0 Å². The molecule has 0 unspecified atom stereocenters. The van der Waals surface area contributed by atoms with Gasteiger partial charge in [-0.25, -0.2) is 4.39 Å². The highest BCUT2D eigenvalue weighted by atomic mass is 35.5. The summed E-state index contributed by atoms with van der Waals surface area (Å²) >= 11 is 12.5. The number of carbonyl (C=O) groups is 1. The van der Waals surface area contributed by atoms with Gasteiger partial charge in [0.2, 0.25) is 5.91 Å². The molecule has 0 fully saturated rings. The van der Waals surface area contributed by atoms with Crippen LogP contribution in [0.25, 0.3) is 32.9 Å². The average Bonchev–Trinajstić information content (AvgIpc) is 3.10. The zero-order valence-electron chi connectivity index (χ0n) is 17.7. The van der Waals surface area contributed by atoms with Gasteiger partial charge in [0.05, 0.1) is 17.6 Å². The number of hydrogen-bond acceptors (Lipinski definition) is 1. The summed E-state index contributed by atoms with van der Waals surface area (Å²) in [4.78, 5) is 12.2. The van der Waals surface area contributed by atoms with E-state index in [1.165, 1.54) is 0 Å². The predicted octanol–water partition coefficient (Wildman–Crippen LogP) is 7.36. The molecule has 0 spiro atoms. The van der Waals surface area contributed by atoms with Crippen molar-refractivity contribution in [2.75, 3.05) is 0 Å². The van der Waals surface area contributed by atoms with Gasteiger partial charge in [-0.3, -0.25) is 4.79 Å². The van der Waals surface area contributed by atoms with E-state index in [1.807, 2.05) is 41.0 Å². The first-order chi connectivity index (χ1) is 15.8. The van der Waals surface area contributed by atoms with Crippen molar-refractivity contribution < 1.29 is 9.18 Å². The molecule has 3 nitrogen and oxygen atoms in total. The van der Waals surface area contributed by atoms with Crippen LogP contribution in [-0.2, 0) is 6.54 Å². The monoisotopic (exact) mass is 476 g/mol. The molecule has 5 rings (SSSR count). The lowest BCUT2D eigenvalue weighted by atomic mass is 10.0. The fraction of sp³-hybridized carbons (Fsp3) is 0.0741. The summed E-state index contributed by atoms with van der Waals surface area (Å²) in [7, 11) is 0. The third-order valence-corrected chi connectivity index (χ3v) is 6.55. The minimum Gasteiger partial charge on any atom is -0.366 e. The van der Waals surface area contributed by atoms with Crippen molar-refractivity contribution >= 4 is 50.9 Å². The highest BCUT2D eigenvalue weighted by Gasteiger charge is 2.19. The van der Waals surface area contributed by atoms with E-state index in [0.29, 0.717) is 33.3 Å². The molecule has 0 saturated heterocycles. The van der Waals surface area contributed by atoms with Crippen LogP contribution in [-0.4, -0.2) is 10.5 Å². The van der Waals surface area contributed by atoms with Gasteiger partial charge < -0.3 is 10.3 Å². The summed E-state index contributed by atoms with van der Waals surface area (Å²) < 4.78 is 16.9. The van der Waals surface area contributed by atoms with E-state index in [0.717, 1.165) is 32.9 Å². The number of hydrogen-bond donors (Lipinski definition) is 1. The number of primary amides is 1. The molecule has 0 bridgehead atoms. The van der Waals surface area contributed by atoms with E-state index < -0.39 is 5.91 Å².